The van der Waals surface area contributed by atoms with Gasteiger partial charge in [-0.1, -0.05) is 6.92 Å². The van der Waals surface area contributed by atoms with E-state index in [1.807, 2.05) is 6.92 Å². The first-order valence-corrected chi connectivity index (χ1v) is 8.36. The van der Waals surface area contributed by atoms with Crippen molar-refractivity contribution in [2.45, 2.75) is 45.6 Å². The molecule has 1 aromatic heterocycles. The third-order valence-electron chi connectivity index (χ3n) is 4.70. The minimum atomic E-state index is -0.244. The van der Waals surface area contributed by atoms with Crippen LogP contribution in [0.1, 0.15) is 39.0 Å². The van der Waals surface area contributed by atoms with Crippen LogP contribution in [0.5, 0.6) is 0 Å². The van der Waals surface area contributed by atoms with Crippen LogP contribution in [0.2, 0.25) is 0 Å². The van der Waals surface area contributed by atoms with Gasteiger partial charge >= 0.3 is 0 Å². The zero-order chi connectivity index (χ0) is 16.8. The molecule has 1 aromatic carbocycles. The summed E-state index contributed by atoms with van der Waals surface area (Å²) < 4.78 is 6.82. The molecule has 0 saturated heterocycles. The van der Waals surface area contributed by atoms with E-state index in [1.165, 1.54) is 9.64 Å². The van der Waals surface area contributed by atoms with Crippen molar-refractivity contribution in [3.8, 4) is 0 Å². The lowest BCUT2D eigenvalue weighted by Crippen LogP contribution is -2.31. The van der Waals surface area contributed by atoms with Crippen LogP contribution in [0.3, 0.4) is 0 Å². The Morgan fingerprint density at radius 3 is 2.33 bits per heavy atom. The monoisotopic (exact) mass is 326 g/mol. The summed E-state index contributed by atoms with van der Waals surface area (Å²) in [5.74, 6) is -0.488. The molecule has 24 heavy (non-hydrogen) atoms. The fourth-order valence-electron chi connectivity index (χ4n) is 3.52. The van der Waals surface area contributed by atoms with Crippen LogP contribution in [0.25, 0.3) is 11.0 Å². The summed E-state index contributed by atoms with van der Waals surface area (Å²) in [5.41, 5.74) is 1.96. The van der Waals surface area contributed by atoms with E-state index < -0.39 is 0 Å². The van der Waals surface area contributed by atoms with Crippen LogP contribution < -0.4 is 10.5 Å². The lowest BCUT2D eigenvalue weighted by Gasteiger charge is -2.14. The molecule has 0 radical (unpaired) electrons. The predicted octanol–water partition coefficient (Wildman–Crippen LogP) is 2.75. The first kappa shape index (κ1) is 14.9. The Labute approximate surface area is 138 Å². The third-order valence-corrected chi connectivity index (χ3v) is 4.70. The molecule has 2 amide bonds. The average Bonchev–Trinajstić information content (AvgIpc) is 3.04. The molecule has 124 valence electrons. The summed E-state index contributed by atoms with van der Waals surface area (Å²) >= 11 is 0. The van der Waals surface area contributed by atoms with Crippen LogP contribution in [0.4, 0.5) is 5.69 Å². The zero-order valence-electron chi connectivity index (χ0n) is 13.5. The van der Waals surface area contributed by atoms with Gasteiger partial charge in [0.25, 0.3) is 17.4 Å². The number of hydrogen-bond donors (Lipinski definition) is 0. The van der Waals surface area contributed by atoms with Crippen molar-refractivity contribution in [3.05, 3.63) is 39.7 Å². The van der Waals surface area contributed by atoms with Crippen molar-refractivity contribution in [3.63, 3.8) is 0 Å². The van der Waals surface area contributed by atoms with Crippen LogP contribution in [0.15, 0.2) is 38.7 Å². The van der Waals surface area contributed by atoms with Crippen molar-refractivity contribution < 1.29 is 14.1 Å². The number of carbonyl (C=O) groups excluding carboxylic acids is 2. The fraction of sp³-hybridized carbons (Fsp3) is 0.389. The van der Waals surface area contributed by atoms with Crippen LogP contribution >= 0.6 is 0 Å². The highest BCUT2D eigenvalue weighted by molar-refractivity contribution is 6.33. The maximum absolute atomic E-state index is 12.6. The van der Waals surface area contributed by atoms with E-state index in [9.17, 15) is 14.4 Å². The molecule has 2 aliphatic rings. The molecule has 2 aromatic rings. The van der Waals surface area contributed by atoms with E-state index in [0.717, 1.165) is 19.3 Å². The number of benzene rings is 1. The number of nitrogens with zero attached hydrogens (tertiary/aromatic N) is 2. The van der Waals surface area contributed by atoms with E-state index in [0.29, 0.717) is 47.2 Å². The molecule has 6 nitrogen and oxygen atoms in total. The number of rotatable bonds is 3. The number of imide groups is 1. The van der Waals surface area contributed by atoms with Crippen LogP contribution in [-0.2, 0) is 16.1 Å². The highest BCUT2D eigenvalue weighted by atomic mass is 16.5. The number of hydrogen-bond acceptors (Lipinski definition) is 4. The Balaban J connectivity index is 1.77. The first-order chi connectivity index (χ1) is 11.6. The van der Waals surface area contributed by atoms with Crippen molar-refractivity contribution >= 4 is 28.5 Å². The smallest absolute Gasteiger partial charge is 0.290 e. The van der Waals surface area contributed by atoms with Crippen molar-refractivity contribution in [1.29, 1.82) is 0 Å². The molecule has 0 N–H and O–H groups in total. The van der Waals surface area contributed by atoms with E-state index >= 15 is 0 Å². The molecular weight excluding hydrogens is 308 g/mol. The Kier molecular flexibility index (Phi) is 3.40. The Morgan fingerprint density at radius 1 is 1.04 bits per heavy atom. The van der Waals surface area contributed by atoms with E-state index in [1.54, 1.807) is 18.2 Å². The van der Waals surface area contributed by atoms with Crippen molar-refractivity contribution in [2.75, 3.05) is 4.90 Å². The molecule has 0 bridgehead atoms. The van der Waals surface area contributed by atoms with E-state index in [-0.39, 0.29) is 17.4 Å². The SMILES string of the molecule is CCCn1oc2ccc(N3C(=O)C4=C(CCCC4)C3=O)cc2c1=O. The molecule has 1 aliphatic heterocycles. The maximum atomic E-state index is 12.6. The number of anilines is 1. The molecule has 0 fully saturated rings. The Hall–Kier alpha value is -2.63. The van der Waals surface area contributed by atoms with E-state index in [4.69, 9.17) is 4.52 Å². The highest BCUT2D eigenvalue weighted by Crippen LogP contribution is 2.36. The lowest BCUT2D eigenvalue weighted by molar-refractivity contribution is -0.120. The molecular formula is C18H18N2O4. The minimum absolute atomic E-state index is 0.231. The standard InChI is InChI=1S/C18H18N2O4/c1-2-9-19-16(21)14-10-11(7-8-15(14)24-19)20-17(22)12-5-3-4-6-13(12)18(20)23/h7-8,10H,2-6,9H2,1H3. The van der Waals surface area contributed by atoms with Gasteiger partial charge in [0.1, 0.15) is 0 Å². The molecule has 1 aliphatic carbocycles. The molecule has 0 spiro atoms. The first-order valence-electron chi connectivity index (χ1n) is 8.36. The van der Waals surface area contributed by atoms with Gasteiger partial charge < -0.3 is 4.52 Å². The molecule has 0 atom stereocenters. The van der Waals surface area contributed by atoms with Gasteiger partial charge in [-0.2, -0.15) is 4.74 Å². The summed E-state index contributed by atoms with van der Waals surface area (Å²) in [4.78, 5) is 38.8. The molecule has 6 heteroatoms. The highest BCUT2D eigenvalue weighted by Gasteiger charge is 2.39. The number of fused-ring (bicyclic) bond motifs is 1. The summed E-state index contributed by atoms with van der Waals surface area (Å²) in [7, 11) is 0. The fourth-order valence-corrected chi connectivity index (χ4v) is 3.52. The largest absolute Gasteiger partial charge is 0.376 e. The Bertz CT molecular complexity index is 920. The minimum Gasteiger partial charge on any atom is -0.376 e. The summed E-state index contributed by atoms with van der Waals surface area (Å²) in [6.45, 7) is 2.46. The second-order valence-electron chi connectivity index (χ2n) is 6.29. The maximum Gasteiger partial charge on any atom is 0.290 e. The number of aromatic nitrogens is 1. The number of aryl methyl sites for hydroxylation is 1. The third kappa shape index (κ3) is 2.06. The van der Waals surface area contributed by atoms with E-state index in [2.05, 4.69) is 0 Å². The van der Waals surface area contributed by atoms with Crippen molar-refractivity contribution in [1.82, 2.24) is 4.74 Å². The molecule has 0 saturated carbocycles. The van der Waals surface area contributed by atoms with Gasteiger partial charge in [-0.3, -0.25) is 14.4 Å². The zero-order valence-corrected chi connectivity index (χ0v) is 13.5. The lowest BCUT2D eigenvalue weighted by atomic mass is 9.93. The van der Waals surface area contributed by atoms with Gasteiger partial charge in [-0.25, -0.2) is 4.90 Å². The Morgan fingerprint density at radius 2 is 1.71 bits per heavy atom. The summed E-state index contributed by atoms with van der Waals surface area (Å²) in [6, 6.07) is 4.90. The van der Waals surface area contributed by atoms with Gasteiger partial charge in [-0.15, -0.1) is 0 Å². The quantitative estimate of drug-likeness (QED) is 0.813. The normalized spacial score (nSPS) is 18.0. The van der Waals surface area contributed by atoms with Gasteiger partial charge in [0, 0.05) is 11.1 Å². The molecule has 0 unspecified atom stereocenters. The van der Waals surface area contributed by atoms with Gasteiger partial charge in [0.15, 0.2) is 5.58 Å². The van der Waals surface area contributed by atoms with Crippen molar-refractivity contribution in [2.24, 2.45) is 0 Å². The average molecular weight is 326 g/mol. The van der Waals surface area contributed by atoms with Gasteiger partial charge in [0.05, 0.1) is 17.6 Å². The summed E-state index contributed by atoms with van der Waals surface area (Å²) in [5, 5.41) is 0.395. The summed E-state index contributed by atoms with van der Waals surface area (Å²) in [6.07, 6.45) is 3.98. The van der Waals surface area contributed by atoms with Crippen LogP contribution in [0, 0.1) is 0 Å². The van der Waals surface area contributed by atoms with Gasteiger partial charge in [-0.05, 0) is 50.3 Å². The predicted molar refractivity (Wildman–Crippen MR) is 88.8 cm³/mol. The topological polar surface area (TPSA) is 72.5 Å². The second-order valence-corrected chi connectivity index (χ2v) is 6.29. The number of amides is 2. The molecule has 4 rings (SSSR count). The number of carbonyl (C=O) groups is 2. The second kappa shape index (κ2) is 5.47. The van der Waals surface area contributed by atoms with Gasteiger partial charge in [0.2, 0.25) is 0 Å². The van der Waals surface area contributed by atoms with Crippen LogP contribution in [-0.4, -0.2) is 16.6 Å². The molecule has 2 heterocycles.